The number of pyridine rings is 1. The van der Waals surface area contributed by atoms with Gasteiger partial charge in [0.25, 0.3) is 0 Å². The lowest BCUT2D eigenvalue weighted by Crippen LogP contribution is -2.27. The molecule has 5 nitrogen and oxygen atoms in total. The van der Waals surface area contributed by atoms with E-state index in [4.69, 9.17) is 9.72 Å². The molecule has 25 heavy (non-hydrogen) atoms. The van der Waals surface area contributed by atoms with Gasteiger partial charge in [-0.15, -0.1) is 0 Å². The summed E-state index contributed by atoms with van der Waals surface area (Å²) in [4.78, 5) is 28.0. The second kappa shape index (κ2) is 7.30. The minimum absolute atomic E-state index is 0.158. The number of ether oxygens (including phenoxy) is 1. The van der Waals surface area contributed by atoms with E-state index < -0.39 is 0 Å². The van der Waals surface area contributed by atoms with E-state index in [1.165, 1.54) is 14.0 Å². The Kier molecular flexibility index (Phi) is 4.93. The van der Waals surface area contributed by atoms with Gasteiger partial charge in [0.15, 0.2) is 0 Å². The molecule has 0 fully saturated rings. The van der Waals surface area contributed by atoms with Crippen molar-refractivity contribution in [2.24, 2.45) is 0 Å². The average molecular weight is 336 g/mol. The molecule has 0 saturated heterocycles. The zero-order valence-corrected chi connectivity index (χ0v) is 14.3. The fraction of sp³-hybridized carbons (Fsp3) is 0.250. The quantitative estimate of drug-likeness (QED) is 0.572. The van der Waals surface area contributed by atoms with E-state index in [2.05, 4.69) is 5.32 Å². The number of nitrogens with one attached hydrogen (secondary N) is 1. The van der Waals surface area contributed by atoms with Crippen molar-refractivity contribution in [3.63, 3.8) is 0 Å². The molecule has 5 heteroatoms. The van der Waals surface area contributed by atoms with E-state index in [1.54, 1.807) is 0 Å². The van der Waals surface area contributed by atoms with Crippen molar-refractivity contribution >= 4 is 33.6 Å². The van der Waals surface area contributed by atoms with Crippen molar-refractivity contribution in [3.8, 4) is 0 Å². The van der Waals surface area contributed by atoms with Gasteiger partial charge in [0.05, 0.1) is 24.4 Å². The number of hydrogen-bond donors (Lipinski definition) is 1. The number of amides is 1. The van der Waals surface area contributed by atoms with Gasteiger partial charge in [0.1, 0.15) is 0 Å². The van der Waals surface area contributed by atoms with E-state index in [-0.39, 0.29) is 24.3 Å². The smallest absolute Gasteiger partial charge is 0.305 e. The Morgan fingerprint density at radius 1 is 1.04 bits per heavy atom. The van der Waals surface area contributed by atoms with Gasteiger partial charge in [0.2, 0.25) is 5.91 Å². The highest BCUT2D eigenvalue weighted by Gasteiger charge is 2.20. The van der Waals surface area contributed by atoms with Crippen molar-refractivity contribution < 1.29 is 14.3 Å². The first kappa shape index (κ1) is 16.9. The molecule has 3 aromatic rings. The first-order valence-corrected chi connectivity index (χ1v) is 8.21. The second-order valence-corrected chi connectivity index (χ2v) is 5.93. The molecule has 1 amide bonds. The molecular weight excluding hydrogens is 316 g/mol. The third kappa shape index (κ3) is 3.60. The minimum atomic E-state index is -0.355. The normalized spacial score (nSPS) is 12.1. The molecule has 0 unspecified atom stereocenters. The molecule has 2 aromatic carbocycles. The number of nitrogens with zero attached hydrogens (tertiary/aromatic N) is 1. The predicted molar refractivity (Wildman–Crippen MR) is 97.1 cm³/mol. The lowest BCUT2D eigenvalue weighted by molar-refractivity contribution is -0.141. The Morgan fingerprint density at radius 3 is 2.36 bits per heavy atom. The Morgan fingerprint density at radius 2 is 1.68 bits per heavy atom. The fourth-order valence-electron chi connectivity index (χ4n) is 3.08. The topological polar surface area (TPSA) is 68.3 Å². The molecule has 0 aliphatic heterocycles. The highest BCUT2D eigenvalue weighted by atomic mass is 16.5. The van der Waals surface area contributed by atoms with Crippen LogP contribution in [0.3, 0.4) is 0 Å². The van der Waals surface area contributed by atoms with Crippen LogP contribution in [-0.4, -0.2) is 24.0 Å². The van der Waals surface area contributed by atoms with Crippen LogP contribution in [0.1, 0.15) is 31.5 Å². The molecule has 0 bridgehead atoms. The van der Waals surface area contributed by atoms with E-state index in [0.29, 0.717) is 6.42 Å². The lowest BCUT2D eigenvalue weighted by Gasteiger charge is -2.20. The number of carbonyl (C=O) groups excluding carboxylic acids is 2. The van der Waals surface area contributed by atoms with Crippen LogP contribution in [0.15, 0.2) is 48.5 Å². The van der Waals surface area contributed by atoms with E-state index >= 15 is 0 Å². The summed E-state index contributed by atoms with van der Waals surface area (Å²) in [6.07, 6.45) is 0.645. The third-order valence-corrected chi connectivity index (χ3v) is 4.21. The number of carbonyl (C=O) groups is 2. The molecule has 0 aliphatic rings. The van der Waals surface area contributed by atoms with Gasteiger partial charge in [-0.25, -0.2) is 4.98 Å². The van der Waals surface area contributed by atoms with Gasteiger partial charge in [-0.1, -0.05) is 42.5 Å². The molecule has 0 saturated carbocycles. The number of aromatic nitrogens is 1. The second-order valence-electron chi connectivity index (χ2n) is 5.93. The van der Waals surface area contributed by atoms with Gasteiger partial charge in [-0.3, -0.25) is 9.59 Å². The largest absolute Gasteiger partial charge is 0.469 e. The highest BCUT2D eigenvalue weighted by molar-refractivity contribution is 6.06. The number of methoxy groups -OCH3 is 1. The van der Waals surface area contributed by atoms with Crippen molar-refractivity contribution in [3.05, 3.63) is 54.2 Å². The highest BCUT2D eigenvalue weighted by Crippen LogP contribution is 2.31. The summed E-state index contributed by atoms with van der Waals surface area (Å²) >= 11 is 0. The van der Waals surface area contributed by atoms with Crippen LogP contribution in [0, 0.1) is 0 Å². The summed E-state index contributed by atoms with van der Waals surface area (Å²) in [7, 11) is 1.36. The van der Waals surface area contributed by atoms with Gasteiger partial charge < -0.3 is 10.1 Å². The van der Waals surface area contributed by atoms with Crippen LogP contribution in [0.4, 0.5) is 0 Å². The van der Waals surface area contributed by atoms with Crippen molar-refractivity contribution in [1.29, 1.82) is 0 Å². The number of para-hydroxylation sites is 1. The van der Waals surface area contributed by atoms with E-state index in [1.807, 2.05) is 48.5 Å². The van der Waals surface area contributed by atoms with Crippen molar-refractivity contribution in [2.75, 3.05) is 7.11 Å². The van der Waals surface area contributed by atoms with Gasteiger partial charge in [0, 0.05) is 24.1 Å². The number of esters is 1. The number of rotatable bonds is 5. The van der Waals surface area contributed by atoms with Crippen LogP contribution in [0.2, 0.25) is 0 Å². The fourth-order valence-corrected chi connectivity index (χ4v) is 3.08. The average Bonchev–Trinajstić information content (AvgIpc) is 2.64. The molecule has 1 aromatic heterocycles. The maximum atomic E-state index is 11.7. The number of benzene rings is 2. The first-order chi connectivity index (χ1) is 12.1. The van der Waals surface area contributed by atoms with E-state index in [9.17, 15) is 9.59 Å². The maximum Gasteiger partial charge on any atom is 0.305 e. The standard InChI is InChI=1S/C20H20N2O3/c1-13(23)21-18(11-12-19(24)25-2)20-16-9-4-3-7-14(16)15-8-5-6-10-17(15)22-20/h3-10,18H,11-12H2,1-2H3,(H,21,23)/t18-/m0/s1. The van der Waals surface area contributed by atoms with Gasteiger partial charge in [-0.2, -0.15) is 0 Å². The minimum Gasteiger partial charge on any atom is -0.469 e. The zero-order chi connectivity index (χ0) is 17.8. The maximum absolute atomic E-state index is 11.7. The van der Waals surface area contributed by atoms with E-state index in [0.717, 1.165) is 27.4 Å². The predicted octanol–water partition coefficient (Wildman–Crippen LogP) is 3.52. The summed E-state index contributed by atoms with van der Waals surface area (Å²) < 4.78 is 4.73. The Bertz CT molecular complexity index is 937. The number of hydrogen-bond acceptors (Lipinski definition) is 4. The lowest BCUT2D eigenvalue weighted by atomic mass is 9.98. The zero-order valence-electron chi connectivity index (χ0n) is 14.3. The molecule has 0 spiro atoms. The van der Waals surface area contributed by atoms with Crippen molar-refractivity contribution in [2.45, 2.75) is 25.8 Å². The molecule has 1 N–H and O–H groups in total. The summed E-state index contributed by atoms with van der Waals surface area (Å²) in [6, 6.07) is 15.5. The molecule has 1 heterocycles. The van der Waals surface area contributed by atoms with Gasteiger partial charge in [-0.05, 0) is 17.9 Å². The van der Waals surface area contributed by atoms with Crippen LogP contribution >= 0.6 is 0 Å². The molecule has 0 aliphatic carbocycles. The Hall–Kier alpha value is -2.95. The van der Waals surface area contributed by atoms with Crippen LogP contribution < -0.4 is 5.32 Å². The molecule has 3 rings (SSSR count). The summed E-state index contributed by atoms with van der Waals surface area (Å²) in [6.45, 7) is 1.47. The monoisotopic (exact) mass is 336 g/mol. The molecular formula is C20H20N2O3. The van der Waals surface area contributed by atoms with Gasteiger partial charge >= 0.3 is 5.97 Å². The van der Waals surface area contributed by atoms with Crippen LogP contribution in [0.5, 0.6) is 0 Å². The molecule has 128 valence electrons. The Labute approximate surface area is 146 Å². The molecule has 1 atom stereocenters. The SMILES string of the molecule is COC(=O)CC[C@H](NC(C)=O)c1nc2ccccc2c2ccccc12. The summed E-state index contributed by atoms with van der Waals surface area (Å²) in [5.74, 6) is -0.464. The van der Waals surface area contributed by atoms with Crippen molar-refractivity contribution in [1.82, 2.24) is 10.3 Å². The Balaban J connectivity index is 2.14. The molecule has 0 radical (unpaired) electrons. The summed E-state index contributed by atoms with van der Waals surface area (Å²) in [5, 5.41) is 6.05. The van der Waals surface area contributed by atoms with Crippen LogP contribution in [0.25, 0.3) is 21.7 Å². The first-order valence-electron chi connectivity index (χ1n) is 8.21. The third-order valence-electron chi connectivity index (χ3n) is 4.21. The van der Waals surface area contributed by atoms with Crippen LogP contribution in [-0.2, 0) is 14.3 Å². The summed E-state index contributed by atoms with van der Waals surface area (Å²) in [5.41, 5.74) is 1.64. The number of fused-ring (bicyclic) bond motifs is 3.